The van der Waals surface area contributed by atoms with Crippen LogP contribution >= 0.6 is 0 Å². The van der Waals surface area contributed by atoms with E-state index in [9.17, 15) is 0 Å². The van der Waals surface area contributed by atoms with E-state index < -0.39 is 16.6 Å². The normalized spacial score (nSPS) is 17.9. The molecule has 150 valence electrons. The highest BCUT2D eigenvalue weighted by Gasteiger charge is 2.40. The van der Waals surface area contributed by atoms with Crippen molar-refractivity contribution in [1.29, 1.82) is 0 Å². The van der Waals surface area contributed by atoms with E-state index in [2.05, 4.69) is 94.2 Å². The van der Waals surface area contributed by atoms with Gasteiger partial charge in [0.05, 0.1) is 0 Å². The Bertz CT molecular complexity index is 430. The lowest BCUT2D eigenvalue weighted by molar-refractivity contribution is 0.119. The monoisotopic (exact) mass is 386 g/mol. The Labute approximate surface area is 161 Å². The number of rotatable bonds is 9. The Morgan fingerprint density at radius 1 is 0.840 bits per heavy atom. The van der Waals surface area contributed by atoms with Crippen LogP contribution in [0.25, 0.3) is 0 Å². The van der Waals surface area contributed by atoms with E-state index in [1.54, 1.807) is 0 Å². The second kappa shape index (κ2) is 8.41. The molecule has 2 nitrogen and oxygen atoms in total. The van der Waals surface area contributed by atoms with Crippen molar-refractivity contribution < 1.29 is 8.85 Å². The van der Waals surface area contributed by atoms with E-state index in [0.717, 1.165) is 19.6 Å². The van der Waals surface area contributed by atoms with Gasteiger partial charge in [0.2, 0.25) is 0 Å². The highest BCUT2D eigenvalue weighted by molar-refractivity contribution is 6.74. The van der Waals surface area contributed by atoms with E-state index in [-0.39, 0.29) is 15.5 Å². The largest absolute Gasteiger partial charge is 0.417 e. The fourth-order valence-electron chi connectivity index (χ4n) is 1.99. The molecular formula is C21H46O2Si2. The third-order valence-electron chi connectivity index (χ3n) is 6.96. The first-order valence-corrected chi connectivity index (χ1v) is 15.6. The molecule has 4 heteroatoms. The van der Waals surface area contributed by atoms with Gasteiger partial charge in [0.25, 0.3) is 0 Å². The fraction of sp³-hybridized carbons (Fsp3) is 0.905. The lowest BCUT2D eigenvalue weighted by Gasteiger charge is -2.41. The molecule has 0 saturated carbocycles. The maximum atomic E-state index is 6.51. The third kappa shape index (κ3) is 6.96. The van der Waals surface area contributed by atoms with Crippen LogP contribution in [0.1, 0.15) is 61.8 Å². The molecule has 0 rings (SSSR count). The van der Waals surface area contributed by atoms with Gasteiger partial charge >= 0.3 is 0 Å². The minimum absolute atomic E-state index is 0.00763. The zero-order chi connectivity index (χ0) is 20.3. The number of hydrogen-bond acceptors (Lipinski definition) is 2. The average molecular weight is 387 g/mol. The van der Waals surface area contributed by atoms with Crippen LogP contribution in [0.2, 0.25) is 36.3 Å². The minimum Gasteiger partial charge on any atom is -0.417 e. The topological polar surface area (TPSA) is 18.5 Å². The number of hydrogen-bond donors (Lipinski definition) is 0. The summed E-state index contributed by atoms with van der Waals surface area (Å²) in [6.45, 7) is 33.4. The molecule has 0 heterocycles. The van der Waals surface area contributed by atoms with Gasteiger partial charge in [-0.25, -0.2) is 0 Å². The summed E-state index contributed by atoms with van der Waals surface area (Å²) < 4.78 is 12.9. The summed E-state index contributed by atoms with van der Waals surface area (Å²) in [5.41, 5.74) is -0.00763. The molecule has 0 aromatic carbocycles. The van der Waals surface area contributed by atoms with Gasteiger partial charge in [-0.15, -0.1) is 6.58 Å². The smallest absolute Gasteiger partial charge is 0.192 e. The molecule has 2 atom stereocenters. The molecule has 0 amide bonds. The maximum absolute atomic E-state index is 6.51. The summed E-state index contributed by atoms with van der Waals surface area (Å²) in [5, 5.41) is 0.507. The minimum atomic E-state index is -1.74. The predicted molar refractivity (Wildman–Crippen MR) is 118 cm³/mol. The van der Waals surface area contributed by atoms with Crippen LogP contribution < -0.4 is 0 Å². The summed E-state index contributed by atoms with van der Waals surface area (Å²) in [4.78, 5) is 0. The molecule has 0 unspecified atom stereocenters. The highest BCUT2D eigenvalue weighted by atomic mass is 28.4. The molecule has 0 aromatic heterocycles. The quantitative estimate of drug-likeness (QED) is 0.307. The molecule has 0 spiro atoms. The van der Waals surface area contributed by atoms with Gasteiger partial charge in [-0.2, -0.15) is 0 Å². The molecule has 0 bridgehead atoms. The molecular weight excluding hydrogens is 340 g/mol. The zero-order valence-corrected chi connectivity index (χ0v) is 21.3. The summed E-state index contributed by atoms with van der Waals surface area (Å²) in [5.74, 6) is 0.486. The Morgan fingerprint density at radius 3 is 1.60 bits per heavy atom. The lowest BCUT2D eigenvalue weighted by Crippen LogP contribution is -2.44. The van der Waals surface area contributed by atoms with Crippen molar-refractivity contribution in [3.05, 3.63) is 12.7 Å². The van der Waals surface area contributed by atoms with Crippen molar-refractivity contribution in [1.82, 2.24) is 0 Å². The second-order valence-electron chi connectivity index (χ2n) is 11.1. The molecule has 0 aliphatic heterocycles. The van der Waals surface area contributed by atoms with Gasteiger partial charge < -0.3 is 8.85 Å². The molecule has 0 N–H and O–H groups in total. The van der Waals surface area contributed by atoms with Crippen LogP contribution in [0.15, 0.2) is 12.7 Å². The Hall–Kier alpha value is 0.0938. The van der Waals surface area contributed by atoms with Gasteiger partial charge in [0, 0.05) is 18.6 Å². The van der Waals surface area contributed by atoms with Gasteiger partial charge in [-0.1, -0.05) is 61.5 Å². The van der Waals surface area contributed by atoms with Gasteiger partial charge in [0.15, 0.2) is 16.6 Å². The molecule has 0 aromatic rings. The maximum Gasteiger partial charge on any atom is 0.192 e. The summed E-state index contributed by atoms with van der Waals surface area (Å²) in [6.07, 6.45) is 3.15. The zero-order valence-electron chi connectivity index (χ0n) is 19.3. The van der Waals surface area contributed by atoms with E-state index >= 15 is 0 Å². The Morgan fingerprint density at radius 2 is 1.24 bits per heavy atom. The first kappa shape index (κ1) is 25.1. The van der Waals surface area contributed by atoms with Crippen LogP contribution in [0.5, 0.6) is 0 Å². The Balaban J connectivity index is 4.80. The fourth-order valence-corrected chi connectivity index (χ4v) is 4.16. The molecule has 0 aliphatic carbocycles. The summed E-state index contributed by atoms with van der Waals surface area (Å²) in [7, 11) is -3.40. The van der Waals surface area contributed by atoms with Crippen LogP contribution in [-0.2, 0) is 8.85 Å². The highest BCUT2D eigenvalue weighted by Crippen LogP contribution is 2.40. The van der Waals surface area contributed by atoms with Crippen molar-refractivity contribution in [2.45, 2.75) is 98.1 Å². The van der Waals surface area contributed by atoms with Crippen LogP contribution in [0.4, 0.5) is 0 Å². The standard InChI is InChI=1S/C21H46O2Si2/c1-14-21(9,17-23-25(12,13)20(6,7)8)18(2)15-16-22-24(10,11)19(3,4)5/h14,18H,1,15-17H2,2-13H3/t18-,21-/m1/s1. The van der Waals surface area contributed by atoms with E-state index in [1.807, 2.05) is 0 Å². The average Bonchev–Trinajstić information content (AvgIpc) is 2.42. The lowest BCUT2D eigenvalue weighted by atomic mass is 9.77. The van der Waals surface area contributed by atoms with Crippen LogP contribution in [-0.4, -0.2) is 29.8 Å². The molecule has 0 radical (unpaired) electrons. The van der Waals surface area contributed by atoms with Crippen LogP contribution in [0.3, 0.4) is 0 Å². The second-order valence-corrected chi connectivity index (χ2v) is 20.7. The third-order valence-corrected chi connectivity index (χ3v) is 16.0. The molecule has 25 heavy (non-hydrogen) atoms. The molecule has 0 saturated heterocycles. The van der Waals surface area contributed by atoms with E-state index in [0.29, 0.717) is 5.92 Å². The van der Waals surface area contributed by atoms with Crippen molar-refractivity contribution in [2.24, 2.45) is 11.3 Å². The SMILES string of the molecule is C=C[C@](C)(CO[Si](C)(C)C(C)(C)C)[C@H](C)CCO[Si](C)(C)C(C)(C)C. The Kier molecular flexibility index (Phi) is 8.44. The van der Waals surface area contributed by atoms with Gasteiger partial charge in [-0.05, 0) is 48.6 Å². The van der Waals surface area contributed by atoms with E-state index in [4.69, 9.17) is 8.85 Å². The van der Waals surface area contributed by atoms with Crippen molar-refractivity contribution >= 4 is 16.6 Å². The van der Waals surface area contributed by atoms with Crippen molar-refractivity contribution in [2.75, 3.05) is 13.2 Å². The van der Waals surface area contributed by atoms with Crippen molar-refractivity contribution in [3.63, 3.8) is 0 Å². The summed E-state index contributed by atoms with van der Waals surface area (Å²) in [6, 6.07) is 0. The van der Waals surface area contributed by atoms with Gasteiger partial charge in [0.1, 0.15) is 0 Å². The first-order chi connectivity index (χ1) is 10.9. The van der Waals surface area contributed by atoms with Gasteiger partial charge in [-0.3, -0.25) is 0 Å². The molecule has 0 fully saturated rings. The summed E-state index contributed by atoms with van der Waals surface area (Å²) >= 11 is 0. The molecule has 0 aliphatic rings. The van der Waals surface area contributed by atoms with Crippen LogP contribution in [0, 0.1) is 11.3 Å². The first-order valence-electron chi connectivity index (χ1n) is 9.81. The van der Waals surface area contributed by atoms with E-state index in [1.165, 1.54) is 0 Å². The predicted octanol–water partition coefficient (Wildman–Crippen LogP) is 7.25. The van der Waals surface area contributed by atoms with Crippen molar-refractivity contribution in [3.8, 4) is 0 Å².